The van der Waals surface area contributed by atoms with Crippen molar-refractivity contribution in [1.29, 1.82) is 0 Å². The fourth-order valence-corrected chi connectivity index (χ4v) is 4.08. The van der Waals surface area contributed by atoms with Gasteiger partial charge in [-0.15, -0.1) is 0 Å². The van der Waals surface area contributed by atoms with Crippen LogP contribution in [0.3, 0.4) is 0 Å². The predicted molar refractivity (Wildman–Crippen MR) is 126 cm³/mol. The van der Waals surface area contributed by atoms with Gasteiger partial charge >= 0.3 is 12.1 Å². The largest absolute Gasteiger partial charge is 0.479 e. The average molecular weight is 460 g/mol. The summed E-state index contributed by atoms with van der Waals surface area (Å²) in [5.74, 6) is -1.95. The van der Waals surface area contributed by atoms with Crippen LogP contribution in [0.5, 0.6) is 0 Å². The van der Waals surface area contributed by atoms with Crippen molar-refractivity contribution >= 4 is 23.7 Å². The summed E-state index contributed by atoms with van der Waals surface area (Å²) in [6.45, 7) is 0.104. The van der Waals surface area contributed by atoms with E-state index < -0.39 is 24.1 Å². The molecule has 8 nitrogen and oxygen atoms in total. The van der Waals surface area contributed by atoms with Gasteiger partial charge in [0.05, 0.1) is 11.3 Å². The summed E-state index contributed by atoms with van der Waals surface area (Å²) in [6, 6.07) is 22.5. The molecule has 0 spiro atoms. The summed E-state index contributed by atoms with van der Waals surface area (Å²) in [4.78, 5) is 35.8. The van der Waals surface area contributed by atoms with Crippen LogP contribution in [0.4, 0.5) is 10.5 Å². The molecule has 0 radical (unpaired) electrons. The van der Waals surface area contributed by atoms with Crippen molar-refractivity contribution in [3.8, 4) is 11.1 Å². The molecule has 0 aliphatic heterocycles. The molecule has 8 heteroatoms. The molecule has 4 rings (SSSR count). The third-order valence-corrected chi connectivity index (χ3v) is 5.74. The zero-order chi connectivity index (χ0) is 24.1. The Balaban J connectivity index is 1.39. The predicted octanol–water partition coefficient (Wildman–Crippen LogP) is 3.61. The lowest BCUT2D eigenvalue weighted by Gasteiger charge is -2.16. The van der Waals surface area contributed by atoms with Crippen LogP contribution in [0.2, 0.25) is 0 Å². The molecule has 0 fully saturated rings. The fourth-order valence-electron chi connectivity index (χ4n) is 4.08. The molecular formula is C26H24N2O6. The summed E-state index contributed by atoms with van der Waals surface area (Å²) in [5.41, 5.74) is 4.90. The zero-order valence-corrected chi connectivity index (χ0v) is 18.2. The smallest absolute Gasteiger partial charge is 0.411 e. The van der Waals surface area contributed by atoms with Crippen LogP contribution in [0.15, 0.2) is 72.8 Å². The van der Waals surface area contributed by atoms with Gasteiger partial charge in [0.15, 0.2) is 6.10 Å². The third kappa shape index (κ3) is 4.92. The van der Waals surface area contributed by atoms with Gasteiger partial charge in [-0.3, -0.25) is 10.1 Å². The molecule has 3 aromatic carbocycles. The minimum Gasteiger partial charge on any atom is -0.479 e. The van der Waals surface area contributed by atoms with E-state index in [1.165, 1.54) is 6.07 Å². The van der Waals surface area contributed by atoms with E-state index >= 15 is 0 Å². The highest BCUT2D eigenvalue weighted by Gasteiger charge is 2.29. The topological polar surface area (TPSA) is 125 Å². The van der Waals surface area contributed by atoms with Gasteiger partial charge in [0.1, 0.15) is 6.61 Å². The number of fused-ring (bicyclic) bond motifs is 3. The number of hydrogen-bond acceptors (Lipinski definition) is 5. The van der Waals surface area contributed by atoms with Crippen LogP contribution in [0.25, 0.3) is 11.1 Å². The number of carboxylic acids is 1. The molecule has 0 heterocycles. The lowest BCUT2D eigenvalue weighted by Crippen LogP contribution is -2.30. The molecule has 1 aliphatic carbocycles. The van der Waals surface area contributed by atoms with E-state index in [4.69, 9.17) is 9.84 Å². The number of carboxylic acid groups (broad SMARTS) is 1. The van der Waals surface area contributed by atoms with Crippen molar-refractivity contribution < 1.29 is 29.3 Å². The van der Waals surface area contributed by atoms with Gasteiger partial charge in [0.2, 0.25) is 0 Å². The van der Waals surface area contributed by atoms with Crippen LogP contribution < -0.4 is 10.6 Å². The molecule has 34 heavy (non-hydrogen) atoms. The first kappa shape index (κ1) is 23.0. The van der Waals surface area contributed by atoms with E-state index in [9.17, 15) is 19.5 Å². The normalized spacial score (nSPS) is 12.9. The van der Waals surface area contributed by atoms with Crippen molar-refractivity contribution in [2.75, 3.05) is 18.5 Å². The number of aliphatic carboxylic acids is 1. The molecule has 1 aliphatic rings. The van der Waals surface area contributed by atoms with Crippen LogP contribution >= 0.6 is 0 Å². The molecule has 0 bridgehead atoms. The summed E-state index contributed by atoms with van der Waals surface area (Å²) in [6.07, 6.45) is -2.39. The molecule has 0 saturated carbocycles. The SMILES string of the molecule is O=C(Nc1ccccc1C(=O)NCC[C@H](O)C(=O)O)OCC1c2ccccc2-c2ccccc21. The quantitative estimate of drug-likeness (QED) is 0.407. The monoisotopic (exact) mass is 460 g/mol. The minimum absolute atomic E-state index is 0.0361. The second kappa shape index (κ2) is 10.2. The van der Waals surface area contributed by atoms with E-state index in [1.807, 2.05) is 36.4 Å². The number of hydrogen-bond donors (Lipinski definition) is 4. The number of carbonyl (C=O) groups is 3. The molecule has 0 saturated heterocycles. The molecule has 0 aromatic heterocycles. The van der Waals surface area contributed by atoms with Gasteiger partial charge < -0.3 is 20.3 Å². The highest BCUT2D eigenvalue weighted by Crippen LogP contribution is 2.44. The highest BCUT2D eigenvalue weighted by atomic mass is 16.5. The average Bonchev–Trinajstić information content (AvgIpc) is 3.16. The van der Waals surface area contributed by atoms with Crippen LogP contribution in [-0.4, -0.2) is 47.4 Å². The van der Waals surface area contributed by atoms with Gasteiger partial charge in [-0.2, -0.15) is 0 Å². The van der Waals surface area contributed by atoms with Gasteiger partial charge in [0.25, 0.3) is 5.91 Å². The molecule has 174 valence electrons. The Morgan fingerprint density at radius 3 is 2.12 bits per heavy atom. The van der Waals surface area contributed by atoms with E-state index in [-0.39, 0.29) is 36.7 Å². The van der Waals surface area contributed by atoms with Crippen molar-refractivity contribution in [2.45, 2.75) is 18.4 Å². The second-order valence-corrected chi connectivity index (χ2v) is 7.89. The number of rotatable bonds is 8. The molecule has 3 aromatic rings. The van der Waals surface area contributed by atoms with Crippen molar-refractivity contribution in [1.82, 2.24) is 5.32 Å². The summed E-state index contributed by atoms with van der Waals surface area (Å²) in [5, 5.41) is 23.2. The van der Waals surface area contributed by atoms with E-state index in [0.29, 0.717) is 0 Å². The Kier molecular flexibility index (Phi) is 6.89. The Morgan fingerprint density at radius 1 is 0.882 bits per heavy atom. The number of aliphatic hydroxyl groups is 1. The van der Waals surface area contributed by atoms with E-state index in [0.717, 1.165) is 22.3 Å². The first-order valence-electron chi connectivity index (χ1n) is 10.9. The molecule has 2 amide bonds. The number of carbonyl (C=O) groups excluding carboxylic acids is 2. The summed E-state index contributed by atoms with van der Waals surface area (Å²) < 4.78 is 5.54. The zero-order valence-electron chi connectivity index (χ0n) is 18.2. The van der Waals surface area contributed by atoms with Crippen molar-refractivity contribution in [2.24, 2.45) is 0 Å². The number of ether oxygens (including phenoxy) is 1. The molecule has 0 unspecified atom stereocenters. The number of amides is 2. The molecule has 4 N–H and O–H groups in total. The van der Waals surface area contributed by atoms with Crippen molar-refractivity contribution in [3.05, 3.63) is 89.5 Å². The van der Waals surface area contributed by atoms with Crippen molar-refractivity contribution in [3.63, 3.8) is 0 Å². The molecular weight excluding hydrogens is 436 g/mol. The van der Waals surface area contributed by atoms with Gasteiger partial charge in [-0.1, -0.05) is 60.7 Å². The van der Waals surface area contributed by atoms with Gasteiger partial charge in [-0.25, -0.2) is 9.59 Å². The first-order chi connectivity index (χ1) is 16.5. The van der Waals surface area contributed by atoms with Crippen LogP contribution in [-0.2, 0) is 9.53 Å². The highest BCUT2D eigenvalue weighted by molar-refractivity contribution is 6.02. The van der Waals surface area contributed by atoms with Crippen LogP contribution in [0, 0.1) is 0 Å². The second-order valence-electron chi connectivity index (χ2n) is 7.89. The Bertz CT molecular complexity index is 1180. The Hall–Kier alpha value is -4.17. The van der Waals surface area contributed by atoms with E-state index in [1.54, 1.807) is 18.2 Å². The summed E-state index contributed by atoms with van der Waals surface area (Å²) in [7, 11) is 0. The Labute approximate surface area is 196 Å². The summed E-state index contributed by atoms with van der Waals surface area (Å²) >= 11 is 0. The number of benzene rings is 3. The lowest BCUT2D eigenvalue weighted by molar-refractivity contribution is -0.146. The number of anilines is 1. The van der Waals surface area contributed by atoms with Gasteiger partial charge in [-0.05, 0) is 34.4 Å². The number of aliphatic hydroxyl groups excluding tert-OH is 1. The lowest BCUT2D eigenvalue weighted by atomic mass is 9.98. The van der Waals surface area contributed by atoms with Gasteiger partial charge in [0, 0.05) is 18.9 Å². The maximum absolute atomic E-state index is 12.6. The van der Waals surface area contributed by atoms with Crippen LogP contribution in [0.1, 0.15) is 33.8 Å². The number of nitrogens with one attached hydrogen (secondary N) is 2. The standard InChI is InChI=1S/C26H24N2O6/c29-23(25(31)32)13-14-27-24(30)20-11-5-6-12-22(20)28-26(33)34-15-21-18-9-3-1-7-16(18)17-8-2-4-10-19(17)21/h1-12,21,23,29H,13-15H2,(H,27,30)(H,28,33)(H,31,32)/t23-/m0/s1. The van der Waals surface area contributed by atoms with E-state index in [2.05, 4.69) is 22.8 Å². The number of para-hydroxylation sites is 1. The molecule has 1 atom stereocenters. The first-order valence-corrected chi connectivity index (χ1v) is 10.9. The Morgan fingerprint density at radius 2 is 1.47 bits per heavy atom. The fraction of sp³-hybridized carbons (Fsp3) is 0.192. The third-order valence-electron chi connectivity index (χ3n) is 5.74. The maximum Gasteiger partial charge on any atom is 0.411 e. The minimum atomic E-state index is -1.56. The maximum atomic E-state index is 12.6.